The predicted molar refractivity (Wildman–Crippen MR) is 90.7 cm³/mol. The number of rotatable bonds is 1. The molecule has 0 unspecified atom stereocenters. The molecule has 0 amide bonds. The molecule has 0 aliphatic carbocycles. The zero-order valence-electron chi connectivity index (χ0n) is 12.3. The minimum absolute atomic E-state index is 0.861. The van der Waals surface area contributed by atoms with Crippen LogP contribution in [0.3, 0.4) is 0 Å². The van der Waals surface area contributed by atoms with Gasteiger partial charge in [0, 0.05) is 11.1 Å². The molecule has 0 saturated heterocycles. The summed E-state index contributed by atoms with van der Waals surface area (Å²) in [4.78, 5) is 0. The Morgan fingerprint density at radius 3 is 2.14 bits per heavy atom. The van der Waals surface area contributed by atoms with Crippen LogP contribution in [-0.4, -0.2) is 7.11 Å². The Balaban J connectivity index is 1.83. The molecule has 3 aromatic carbocycles. The van der Waals surface area contributed by atoms with Gasteiger partial charge in [-0.05, 0) is 59.0 Å². The van der Waals surface area contributed by atoms with Gasteiger partial charge in [0.25, 0.3) is 0 Å². The van der Waals surface area contributed by atoms with Crippen LogP contribution in [-0.2, 0) is 0 Å². The number of methoxy groups -OCH3 is 1. The van der Waals surface area contributed by atoms with E-state index in [2.05, 4.69) is 29.7 Å². The van der Waals surface area contributed by atoms with Crippen molar-refractivity contribution in [3.8, 4) is 29.4 Å². The Kier molecular flexibility index (Phi) is 4.10. The maximum atomic E-state index is 5.23. The summed E-state index contributed by atoms with van der Waals surface area (Å²) in [6.45, 7) is 0. The summed E-state index contributed by atoms with van der Waals surface area (Å²) in [7, 11) is 1.67. The molecule has 0 fully saturated rings. The van der Waals surface area contributed by atoms with E-state index in [0.29, 0.717) is 0 Å². The number of ether oxygens (including phenoxy) is 1. The molecule has 0 bridgehead atoms. The highest BCUT2D eigenvalue weighted by atomic mass is 16.5. The average molecular weight is 282 g/mol. The zero-order chi connectivity index (χ0) is 15.2. The van der Waals surface area contributed by atoms with Crippen LogP contribution in [0.5, 0.6) is 5.75 Å². The van der Waals surface area contributed by atoms with Crippen molar-refractivity contribution < 1.29 is 4.74 Å². The molecule has 1 heteroatoms. The van der Waals surface area contributed by atoms with Crippen molar-refractivity contribution in [3.05, 3.63) is 77.9 Å². The van der Waals surface area contributed by atoms with E-state index in [1.807, 2.05) is 60.7 Å². The van der Waals surface area contributed by atoms with Crippen molar-refractivity contribution in [2.75, 3.05) is 7.11 Å². The summed E-state index contributed by atoms with van der Waals surface area (Å²) >= 11 is 0. The van der Waals surface area contributed by atoms with Gasteiger partial charge < -0.3 is 4.74 Å². The smallest absolute Gasteiger partial charge is 0.119 e. The third-order valence-electron chi connectivity index (χ3n) is 3.30. The Morgan fingerprint density at radius 2 is 1.36 bits per heavy atom. The lowest BCUT2D eigenvalue weighted by Gasteiger charge is -2.02. The predicted octanol–water partition coefficient (Wildman–Crippen LogP) is 4.25. The molecule has 0 spiro atoms. The van der Waals surface area contributed by atoms with E-state index in [1.165, 1.54) is 0 Å². The lowest BCUT2D eigenvalue weighted by molar-refractivity contribution is 0.415. The topological polar surface area (TPSA) is 9.23 Å². The molecule has 0 saturated carbocycles. The van der Waals surface area contributed by atoms with Gasteiger partial charge >= 0.3 is 0 Å². The number of fused-ring (bicyclic) bond motifs is 1. The van der Waals surface area contributed by atoms with Crippen LogP contribution >= 0.6 is 0 Å². The van der Waals surface area contributed by atoms with Crippen molar-refractivity contribution >= 4 is 10.8 Å². The Bertz CT molecular complexity index is 916. The largest absolute Gasteiger partial charge is 0.497 e. The highest BCUT2D eigenvalue weighted by Crippen LogP contribution is 2.21. The van der Waals surface area contributed by atoms with E-state index in [9.17, 15) is 0 Å². The summed E-state index contributed by atoms with van der Waals surface area (Å²) in [5.74, 6) is 12.8. The molecule has 1 nitrogen and oxygen atoms in total. The number of hydrogen-bond donors (Lipinski definition) is 0. The van der Waals surface area contributed by atoms with Gasteiger partial charge in [-0.15, -0.1) is 0 Å². The quantitative estimate of drug-likeness (QED) is 0.606. The fourth-order valence-electron chi connectivity index (χ4n) is 2.16. The summed E-state index contributed by atoms with van der Waals surface area (Å²) in [5, 5.41) is 2.28. The molecule has 0 radical (unpaired) electrons. The first kappa shape index (κ1) is 13.8. The molecule has 3 rings (SSSR count). The molecule has 3 aromatic rings. The lowest BCUT2D eigenvalue weighted by atomic mass is 10.1. The molecule has 22 heavy (non-hydrogen) atoms. The van der Waals surface area contributed by atoms with Gasteiger partial charge in [-0.3, -0.25) is 0 Å². The molecule has 0 aromatic heterocycles. The molecule has 0 atom stereocenters. The first-order valence-corrected chi connectivity index (χ1v) is 7.00. The van der Waals surface area contributed by atoms with E-state index < -0.39 is 0 Å². The Labute approximate surface area is 130 Å². The standard InChI is InChI=1S/C21H14O/c1-22-21-14-13-19-15-18(11-12-20(19)16-21)10-6-5-9-17-7-3-2-4-8-17/h2-4,7-8,11-16H,1H3. The highest BCUT2D eigenvalue weighted by molar-refractivity contribution is 5.85. The van der Waals surface area contributed by atoms with Crippen LogP contribution in [0.4, 0.5) is 0 Å². The van der Waals surface area contributed by atoms with E-state index in [4.69, 9.17) is 4.74 Å². The zero-order valence-corrected chi connectivity index (χ0v) is 12.3. The second kappa shape index (κ2) is 6.53. The maximum absolute atomic E-state index is 5.23. The fraction of sp³-hybridized carbons (Fsp3) is 0.0476. The molecule has 0 aliphatic heterocycles. The van der Waals surface area contributed by atoms with Crippen molar-refractivity contribution in [1.82, 2.24) is 0 Å². The third-order valence-corrected chi connectivity index (χ3v) is 3.30. The van der Waals surface area contributed by atoms with Crippen molar-refractivity contribution in [1.29, 1.82) is 0 Å². The van der Waals surface area contributed by atoms with Crippen LogP contribution in [0.25, 0.3) is 10.8 Å². The maximum Gasteiger partial charge on any atom is 0.119 e. The molecule has 0 N–H and O–H groups in total. The van der Waals surface area contributed by atoms with Crippen molar-refractivity contribution in [2.24, 2.45) is 0 Å². The van der Waals surface area contributed by atoms with Crippen molar-refractivity contribution in [2.45, 2.75) is 0 Å². The lowest BCUT2D eigenvalue weighted by Crippen LogP contribution is -1.83. The van der Waals surface area contributed by atoms with Gasteiger partial charge in [0.15, 0.2) is 0 Å². The van der Waals surface area contributed by atoms with Gasteiger partial charge in [0.1, 0.15) is 5.75 Å². The van der Waals surface area contributed by atoms with Gasteiger partial charge in [-0.1, -0.05) is 42.2 Å². The van der Waals surface area contributed by atoms with E-state index in [-0.39, 0.29) is 0 Å². The summed E-state index contributed by atoms with van der Waals surface area (Å²) in [6, 6.07) is 22.0. The van der Waals surface area contributed by atoms with Crippen LogP contribution in [0.2, 0.25) is 0 Å². The van der Waals surface area contributed by atoms with Crippen LogP contribution in [0.15, 0.2) is 66.7 Å². The highest BCUT2D eigenvalue weighted by Gasteiger charge is 1.97. The summed E-state index contributed by atoms with van der Waals surface area (Å²) in [5.41, 5.74) is 1.93. The monoisotopic (exact) mass is 282 g/mol. The van der Waals surface area contributed by atoms with E-state index in [1.54, 1.807) is 7.11 Å². The minimum Gasteiger partial charge on any atom is -0.497 e. The first-order valence-electron chi connectivity index (χ1n) is 7.00. The van der Waals surface area contributed by atoms with Crippen LogP contribution in [0, 0.1) is 23.7 Å². The van der Waals surface area contributed by atoms with E-state index >= 15 is 0 Å². The Hall–Kier alpha value is -3.16. The Morgan fingerprint density at radius 1 is 0.682 bits per heavy atom. The molecular formula is C21H14O. The third kappa shape index (κ3) is 3.29. The van der Waals surface area contributed by atoms with Gasteiger partial charge in [0.2, 0.25) is 0 Å². The van der Waals surface area contributed by atoms with Gasteiger partial charge in [-0.25, -0.2) is 0 Å². The first-order chi connectivity index (χ1) is 10.8. The SMILES string of the molecule is COc1ccc2cc(C#CC#Cc3ccccc3)ccc2c1. The fourth-order valence-corrected chi connectivity index (χ4v) is 2.16. The van der Waals surface area contributed by atoms with Crippen LogP contribution in [0.1, 0.15) is 11.1 Å². The normalized spacial score (nSPS) is 9.32. The number of hydrogen-bond acceptors (Lipinski definition) is 1. The van der Waals surface area contributed by atoms with E-state index in [0.717, 1.165) is 27.6 Å². The summed E-state index contributed by atoms with van der Waals surface area (Å²) in [6.07, 6.45) is 0. The molecule has 0 heterocycles. The molecular weight excluding hydrogens is 268 g/mol. The second-order valence-electron chi connectivity index (χ2n) is 4.79. The molecule has 0 aliphatic rings. The number of benzene rings is 3. The van der Waals surface area contributed by atoms with Gasteiger partial charge in [-0.2, -0.15) is 0 Å². The summed E-state index contributed by atoms with van der Waals surface area (Å²) < 4.78 is 5.23. The second-order valence-corrected chi connectivity index (χ2v) is 4.79. The van der Waals surface area contributed by atoms with Gasteiger partial charge in [0.05, 0.1) is 7.11 Å². The molecule has 104 valence electrons. The average Bonchev–Trinajstić information content (AvgIpc) is 2.59. The minimum atomic E-state index is 0.861. The van der Waals surface area contributed by atoms with Crippen molar-refractivity contribution in [3.63, 3.8) is 0 Å². The van der Waals surface area contributed by atoms with Crippen LogP contribution < -0.4 is 4.74 Å².